The summed E-state index contributed by atoms with van der Waals surface area (Å²) in [5.41, 5.74) is 1.91. The van der Waals surface area contributed by atoms with E-state index in [1.54, 1.807) is 31.2 Å². The predicted molar refractivity (Wildman–Crippen MR) is 87.7 cm³/mol. The molecular weight excluding hydrogens is 306 g/mol. The van der Waals surface area contributed by atoms with Gasteiger partial charge in [-0.1, -0.05) is 37.3 Å². The zero-order chi connectivity index (χ0) is 15.3. The van der Waals surface area contributed by atoms with Crippen LogP contribution in [0.2, 0.25) is 0 Å². The van der Waals surface area contributed by atoms with E-state index in [9.17, 15) is 8.42 Å². The lowest BCUT2D eigenvalue weighted by Crippen LogP contribution is -2.08. The average Bonchev–Trinajstić information content (AvgIpc) is 2.54. The van der Waals surface area contributed by atoms with Crippen molar-refractivity contribution >= 4 is 27.1 Å². The highest BCUT2D eigenvalue weighted by Crippen LogP contribution is 2.21. The van der Waals surface area contributed by atoms with Crippen molar-refractivity contribution in [3.8, 4) is 0 Å². The molecule has 2 aromatic carbocycles. The molecule has 1 N–H and O–H groups in total. The Morgan fingerprint density at radius 1 is 1.05 bits per heavy atom. The lowest BCUT2D eigenvalue weighted by Gasteiger charge is -2.12. The molecular formula is C16H18ClNO2S. The Morgan fingerprint density at radius 2 is 1.67 bits per heavy atom. The van der Waals surface area contributed by atoms with Crippen molar-refractivity contribution in [1.29, 1.82) is 0 Å². The van der Waals surface area contributed by atoms with E-state index in [0.717, 1.165) is 11.3 Å². The molecule has 5 heteroatoms. The molecule has 0 aliphatic carbocycles. The second-order valence-electron chi connectivity index (χ2n) is 4.69. The Balaban J connectivity index is 1.98. The van der Waals surface area contributed by atoms with Crippen LogP contribution in [-0.4, -0.2) is 20.7 Å². The second-order valence-corrected chi connectivity index (χ2v) is 7.49. The summed E-state index contributed by atoms with van der Waals surface area (Å²) < 4.78 is 23.4. The van der Waals surface area contributed by atoms with Gasteiger partial charge in [0.2, 0.25) is 0 Å². The molecule has 0 aliphatic rings. The number of alkyl halides is 1. The Morgan fingerprint density at radius 3 is 2.24 bits per heavy atom. The van der Waals surface area contributed by atoms with Crippen LogP contribution in [0.1, 0.15) is 17.9 Å². The number of nitrogens with one attached hydrogen (secondary N) is 1. The molecule has 3 nitrogen and oxygen atoms in total. The van der Waals surface area contributed by atoms with Crippen molar-refractivity contribution in [1.82, 2.24) is 0 Å². The molecule has 112 valence electrons. The van der Waals surface area contributed by atoms with Gasteiger partial charge in [-0.05, 0) is 29.8 Å². The Labute approximate surface area is 130 Å². The minimum absolute atomic E-state index is 0.109. The number of rotatable bonds is 6. The monoisotopic (exact) mass is 323 g/mol. The summed E-state index contributed by atoms with van der Waals surface area (Å²) in [6.45, 7) is 2.21. The Kier molecular flexibility index (Phi) is 5.26. The molecule has 0 radical (unpaired) electrons. The van der Waals surface area contributed by atoms with Crippen molar-refractivity contribution in [2.24, 2.45) is 0 Å². The third-order valence-corrected chi connectivity index (χ3v) is 5.40. The van der Waals surface area contributed by atoms with Gasteiger partial charge in [0.15, 0.2) is 9.84 Å². The van der Waals surface area contributed by atoms with Gasteiger partial charge in [-0.15, -0.1) is 11.6 Å². The van der Waals surface area contributed by atoms with E-state index < -0.39 is 9.84 Å². The Hall–Kier alpha value is -1.52. The quantitative estimate of drug-likeness (QED) is 0.821. The molecule has 2 aromatic rings. The number of hydrogen-bond acceptors (Lipinski definition) is 3. The van der Waals surface area contributed by atoms with Gasteiger partial charge in [0.25, 0.3) is 0 Å². The maximum atomic E-state index is 11.7. The van der Waals surface area contributed by atoms with Gasteiger partial charge in [0, 0.05) is 12.2 Å². The van der Waals surface area contributed by atoms with Gasteiger partial charge in [-0.3, -0.25) is 0 Å². The molecule has 0 aromatic heterocycles. The van der Waals surface area contributed by atoms with Crippen LogP contribution < -0.4 is 5.32 Å². The van der Waals surface area contributed by atoms with Gasteiger partial charge in [-0.2, -0.15) is 0 Å². The van der Waals surface area contributed by atoms with E-state index in [-0.39, 0.29) is 11.1 Å². The summed E-state index contributed by atoms with van der Waals surface area (Å²) in [5, 5.41) is 3.08. The molecule has 0 fully saturated rings. The van der Waals surface area contributed by atoms with Crippen LogP contribution in [0.3, 0.4) is 0 Å². The summed E-state index contributed by atoms with van der Waals surface area (Å²) in [7, 11) is -3.14. The first-order chi connectivity index (χ1) is 10.0. The van der Waals surface area contributed by atoms with Crippen LogP contribution in [0.25, 0.3) is 0 Å². The smallest absolute Gasteiger partial charge is 0.178 e. The average molecular weight is 324 g/mol. The molecule has 21 heavy (non-hydrogen) atoms. The second kappa shape index (κ2) is 6.96. The first kappa shape index (κ1) is 15.9. The third-order valence-electron chi connectivity index (χ3n) is 3.24. The molecule has 0 aliphatic heterocycles. The highest BCUT2D eigenvalue weighted by atomic mass is 35.5. The van der Waals surface area contributed by atoms with Crippen LogP contribution in [0.5, 0.6) is 0 Å². The van der Waals surface area contributed by atoms with Crippen molar-refractivity contribution in [3.05, 3.63) is 60.2 Å². The molecule has 0 amide bonds. The highest BCUT2D eigenvalue weighted by molar-refractivity contribution is 7.91. The fraction of sp³-hybridized carbons (Fsp3) is 0.250. The minimum Gasteiger partial charge on any atom is -0.383 e. The summed E-state index contributed by atoms with van der Waals surface area (Å²) in [4.78, 5) is 0.348. The maximum Gasteiger partial charge on any atom is 0.178 e. The summed E-state index contributed by atoms with van der Waals surface area (Å²) >= 11 is 6.32. The van der Waals surface area contributed by atoms with Gasteiger partial charge in [-0.25, -0.2) is 8.42 Å². The number of halogens is 1. The van der Waals surface area contributed by atoms with E-state index in [0.29, 0.717) is 11.4 Å². The molecule has 0 spiro atoms. The van der Waals surface area contributed by atoms with Gasteiger partial charge in [0.05, 0.1) is 16.0 Å². The van der Waals surface area contributed by atoms with E-state index in [2.05, 4.69) is 5.32 Å². The normalized spacial score (nSPS) is 12.9. The zero-order valence-corrected chi connectivity index (χ0v) is 13.4. The molecule has 2 rings (SSSR count). The first-order valence-electron chi connectivity index (χ1n) is 6.78. The number of hydrogen-bond donors (Lipinski definition) is 1. The summed E-state index contributed by atoms with van der Waals surface area (Å²) in [6.07, 6.45) is 0. The van der Waals surface area contributed by atoms with Crippen molar-refractivity contribution in [3.63, 3.8) is 0 Å². The van der Waals surface area contributed by atoms with Crippen LogP contribution in [0.15, 0.2) is 59.5 Å². The van der Waals surface area contributed by atoms with E-state index in [4.69, 9.17) is 11.6 Å². The SMILES string of the molecule is CCS(=O)(=O)c1ccc(NCC(Cl)c2ccccc2)cc1. The van der Waals surface area contributed by atoms with Gasteiger partial charge in [0.1, 0.15) is 0 Å². The Bertz CT molecular complexity index is 669. The van der Waals surface area contributed by atoms with E-state index in [1.807, 2.05) is 30.3 Å². The van der Waals surface area contributed by atoms with E-state index >= 15 is 0 Å². The molecule has 0 saturated heterocycles. The minimum atomic E-state index is -3.14. The lowest BCUT2D eigenvalue weighted by molar-refractivity contribution is 0.597. The zero-order valence-electron chi connectivity index (χ0n) is 11.8. The standard InChI is InChI=1S/C16H18ClNO2S/c1-2-21(19,20)15-10-8-14(9-11-15)18-12-16(17)13-6-4-3-5-7-13/h3-11,16,18H,2,12H2,1H3. The molecule has 0 heterocycles. The number of sulfone groups is 1. The lowest BCUT2D eigenvalue weighted by atomic mass is 10.1. The van der Waals surface area contributed by atoms with Crippen LogP contribution in [0.4, 0.5) is 5.69 Å². The third kappa shape index (κ3) is 4.22. The fourth-order valence-corrected chi connectivity index (χ4v) is 3.04. The van der Waals surface area contributed by atoms with Crippen LogP contribution in [-0.2, 0) is 9.84 Å². The van der Waals surface area contributed by atoms with Crippen molar-refractivity contribution < 1.29 is 8.42 Å². The summed E-state index contributed by atoms with van der Waals surface area (Å²) in [6, 6.07) is 16.6. The largest absolute Gasteiger partial charge is 0.383 e. The molecule has 1 atom stereocenters. The van der Waals surface area contributed by atoms with Crippen molar-refractivity contribution in [2.75, 3.05) is 17.6 Å². The fourth-order valence-electron chi connectivity index (χ4n) is 1.93. The molecule has 0 bridgehead atoms. The summed E-state index contributed by atoms with van der Waals surface area (Å²) in [5.74, 6) is 0.109. The van der Waals surface area contributed by atoms with Crippen LogP contribution >= 0.6 is 11.6 Å². The first-order valence-corrected chi connectivity index (χ1v) is 8.87. The van der Waals surface area contributed by atoms with E-state index in [1.165, 1.54) is 0 Å². The van der Waals surface area contributed by atoms with Gasteiger partial charge < -0.3 is 5.32 Å². The highest BCUT2D eigenvalue weighted by Gasteiger charge is 2.11. The van der Waals surface area contributed by atoms with Crippen molar-refractivity contribution in [2.45, 2.75) is 17.2 Å². The molecule has 0 saturated carbocycles. The van der Waals surface area contributed by atoms with Gasteiger partial charge >= 0.3 is 0 Å². The topological polar surface area (TPSA) is 46.2 Å². The predicted octanol–water partition coefficient (Wildman–Crippen LogP) is 3.87. The van der Waals surface area contributed by atoms with Crippen LogP contribution in [0, 0.1) is 0 Å². The number of anilines is 1. The number of benzene rings is 2. The maximum absolute atomic E-state index is 11.7. The molecule has 1 unspecified atom stereocenters.